The first kappa shape index (κ1) is 17.7. The molecule has 5 heteroatoms. The summed E-state index contributed by atoms with van der Waals surface area (Å²) in [5.74, 6) is 0.821. The van der Waals surface area contributed by atoms with E-state index in [2.05, 4.69) is 13.8 Å². The van der Waals surface area contributed by atoms with Crippen LogP contribution in [-0.2, 0) is 9.53 Å². The lowest BCUT2D eigenvalue weighted by molar-refractivity contribution is -0.140. The minimum absolute atomic E-state index is 0. The predicted octanol–water partition coefficient (Wildman–Crippen LogP) is 1.81. The summed E-state index contributed by atoms with van der Waals surface area (Å²) >= 11 is 0. The third-order valence-electron chi connectivity index (χ3n) is 3.10. The van der Waals surface area contributed by atoms with Crippen molar-refractivity contribution in [1.82, 2.24) is 4.90 Å². The highest BCUT2D eigenvalue weighted by Crippen LogP contribution is 2.17. The maximum Gasteiger partial charge on any atom is 0.223 e. The van der Waals surface area contributed by atoms with Crippen molar-refractivity contribution < 1.29 is 9.53 Å². The Morgan fingerprint density at radius 1 is 1.44 bits per heavy atom. The number of hydrogen-bond acceptors (Lipinski definition) is 3. The SMILES string of the molecule is CC(C)CC1COCCN1C(=O)CCC(C)N.Cl. The van der Waals surface area contributed by atoms with E-state index < -0.39 is 0 Å². The van der Waals surface area contributed by atoms with Crippen molar-refractivity contribution in [2.24, 2.45) is 11.7 Å². The van der Waals surface area contributed by atoms with Crippen LogP contribution < -0.4 is 5.73 Å². The van der Waals surface area contributed by atoms with Crippen molar-refractivity contribution in [2.45, 2.75) is 52.1 Å². The van der Waals surface area contributed by atoms with Gasteiger partial charge in [0.05, 0.1) is 19.3 Å². The van der Waals surface area contributed by atoms with Crippen LogP contribution in [0.5, 0.6) is 0 Å². The van der Waals surface area contributed by atoms with Gasteiger partial charge in [-0.15, -0.1) is 12.4 Å². The number of morpholine rings is 1. The van der Waals surface area contributed by atoms with Crippen molar-refractivity contribution in [3.05, 3.63) is 0 Å². The van der Waals surface area contributed by atoms with Gasteiger partial charge in [0.25, 0.3) is 0 Å². The molecular formula is C13H27ClN2O2. The Hall–Kier alpha value is -0.320. The molecule has 0 saturated carbocycles. The molecule has 108 valence electrons. The minimum Gasteiger partial charge on any atom is -0.377 e. The van der Waals surface area contributed by atoms with E-state index in [1.807, 2.05) is 11.8 Å². The largest absolute Gasteiger partial charge is 0.377 e. The molecule has 1 rings (SSSR count). The Morgan fingerprint density at radius 2 is 2.11 bits per heavy atom. The Balaban J connectivity index is 0.00000289. The van der Waals surface area contributed by atoms with Crippen LogP contribution in [0.2, 0.25) is 0 Å². The summed E-state index contributed by atoms with van der Waals surface area (Å²) in [6.45, 7) is 8.38. The number of halogens is 1. The van der Waals surface area contributed by atoms with E-state index in [9.17, 15) is 4.79 Å². The molecule has 0 aromatic rings. The van der Waals surface area contributed by atoms with Crippen LogP contribution in [0, 0.1) is 5.92 Å². The molecule has 1 aliphatic rings. The molecule has 0 aliphatic carbocycles. The Bertz CT molecular complexity index is 247. The summed E-state index contributed by atoms with van der Waals surface area (Å²) in [5, 5.41) is 0. The van der Waals surface area contributed by atoms with Crippen molar-refractivity contribution in [3.63, 3.8) is 0 Å². The lowest BCUT2D eigenvalue weighted by Crippen LogP contribution is -2.49. The summed E-state index contributed by atoms with van der Waals surface area (Å²) in [7, 11) is 0. The van der Waals surface area contributed by atoms with Gasteiger partial charge in [0, 0.05) is 19.0 Å². The van der Waals surface area contributed by atoms with Gasteiger partial charge in [-0.25, -0.2) is 0 Å². The standard InChI is InChI=1S/C13H26N2O2.ClH/c1-10(2)8-12-9-17-7-6-15(12)13(16)5-4-11(3)14;/h10-12H,4-9,14H2,1-3H3;1H. The number of carbonyl (C=O) groups excluding carboxylic acids is 1. The average Bonchev–Trinajstić information content (AvgIpc) is 2.25. The van der Waals surface area contributed by atoms with Crippen LogP contribution in [0.25, 0.3) is 0 Å². The van der Waals surface area contributed by atoms with Crippen LogP contribution in [0.3, 0.4) is 0 Å². The molecule has 0 aromatic heterocycles. The Kier molecular flexibility index (Phi) is 8.57. The van der Waals surface area contributed by atoms with E-state index in [4.69, 9.17) is 10.5 Å². The topological polar surface area (TPSA) is 55.6 Å². The van der Waals surface area contributed by atoms with Gasteiger partial charge in [0.2, 0.25) is 5.91 Å². The van der Waals surface area contributed by atoms with Gasteiger partial charge in [-0.2, -0.15) is 0 Å². The molecular weight excluding hydrogens is 252 g/mol. The van der Waals surface area contributed by atoms with Gasteiger partial charge in [0.15, 0.2) is 0 Å². The van der Waals surface area contributed by atoms with Crippen LogP contribution in [0.1, 0.15) is 40.0 Å². The van der Waals surface area contributed by atoms with Crippen LogP contribution in [0.15, 0.2) is 0 Å². The van der Waals surface area contributed by atoms with E-state index in [1.165, 1.54) is 0 Å². The van der Waals surface area contributed by atoms with Gasteiger partial charge in [-0.1, -0.05) is 13.8 Å². The molecule has 0 radical (unpaired) electrons. The second-order valence-corrected chi connectivity index (χ2v) is 5.46. The fraction of sp³-hybridized carbons (Fsp3) is 0.923. The predicted molar refractivity (Wildman–Crippen MR) is 75.9 cm³/mol. The van der Waals surface area contributed by atoms with Crippen LogP contribution in [0.4, 0.5) is 0 Å². The zero-order valence-electron chi connectivity index (χ0n) is 11.7. The first-order valence-electron chi connectivity index (χ1n) is 6.63. The van der Waals surface area contributed by atoms with Crippen LogP contribution >= 0.6 is 12.4 Å². The van der Waals surface area contributed by atoms with Gasteiger partial charge < -0.3 is 15.4 Å². The number of amides is 1. The monoisotopic (exact) mass is 278 g/mol. The number of nitrogens with zero attached hydrogens (tertiary/aromatic N) is 1. The third kappa shape index (κ3) is 6.03. The number of ether oxygens (including phenoxy) is 1. The highest BCUT2D eigenvalue weighted by molar-refractivity contribution is 5.85. The number of rotatable bonds is 5. The van der Waals surface area contributed by atoms with Gasteiger partial charge in [-0.05, 0) is 25.7 Å². The highest BCUT2D eigenvalue weighted by atomic mass is 35.5. The molecule has 2 N–H and O–H groups in total. The Labute approximate surface area is 117 Å². The van der Waals surface area contributed by atoms with Gasteiger partial charge in [0.1, 0.15) is 0 Å². The van der Waals surface area contributed by atoms with Gasteiger partial charge >= 0.3 is 0 Å². The molecule has 1 saturated heterocycles. The van der Waals surface area contributed by atoms with E-state index in [-0.39, 0.29) is 30.4 Å². The quantitative estimate of drug-likeness (QED) is 0.834. The smallest absolute Gasteiger partial charge is 0.223 e. The molecule has 18 heavy (non-hydrogen) atoms. The van der Waals surface area contributed by atoms with Crippen molar-refractivity contribution in [1.29, 1.82) is 0 Å². The first-order valence-corrected chi connectivity index (χ1v) is 6.63. The first-order chi connectivity index (χ1) is 8.00. The molecule has 1 fully saturated rings. The fourth-order valence-electron chi connectivity index (χ4n) is 2.22. The summed E-state index contributed by atoms with van der Waals surface area (Å²) in [4.78, 5) is 14.1. The molecule has 0 aromatic carbocycles. The molecule has 0 bridgehead atoms. The van der Waals surface area contributed by atoms with E-state index >= 15 is 0 Å². The summed E-state index contributed by atoms with van der Waals surface area (Å²) < 4.78 is 5.47. The van der Waals surface area contributed by atoms with Gasteiger partial charge in [-0.3, -0.25) is 4.79 Å². The molecule has 1 aliphatic heterocycles. The van der Waals surface area contributed by atoms with E-state index in [1.54, 1.807) is 0 Å². The normalized spacial score (nSPS) is 21.6. The summed E-state index contributed by atoms with van der Waals surface area (Å²) in [6, 6.07) is 0.355. The second-order valence-electron chi connectivity index (χ2n) is 5.46. The molecule has 2 unspecified atom stereocenters. The highest BCUT2D eigenvalue weighted by Gasteiger charge is 2.27. The molecule has 4 nitrogen and oxygen atoms in total. The van der Waals surface area contributed by atoms with E-state index in [0.717, 1.165) is 19.4 Å². The maximum absolute atomic E-state index is 12.1. The number of carbonyl (C=O) groups is 1. The average molecular weight is 279 g/mol. The molecule has 2 atom stereocenters. The summed E-state index contributed by atoms with van der Waals surface area (Å²) in [5.41, 5.74) is 5.69. The fourth-order valence-corrected chi connectivity index (χ4v) is 2.22. The third-order valence-corrected chi connectivity index (χ3v) is 3.10. The minimum atomic E-state index is 0. The van der Waals surface area contributed by atoms with Crippen molar-refractivity contribution in [2.75, 3.05) is 19.8 Å². The molecule has 0 spiro atoms. The van der Waals surface area contributed by atoms with Crippen molar-refractivity contribution in [3.8, 4) is 0 Å². The number of hydrogen-bond donors (Lipinski definition) is 1. The maximum atomic E-state index is 12.1. The number of nitrogens with two attached hydrogens (primary N) is 1. The summed E-state index contributed by atoms with van der Waals surface area (Å²) in [6.07, 6.45) is 2.35. The molecule has 1 heterocycles. The second kappa shape index (κ2) is 8.73. The zero-order valence-corrected chi connectivity index (χ0v) is 12.5. The molecule has 1 amide bonds. The Morgan fingerprint density at radius 3 is 2.67 bits per heavy atom. The zero-order chi connectivity index (χ0) is 12.8. The van der Waals surface area contributed by atoms with Crippen molar-refractivity contribution >= 4 is 18.3 Å². The van der Waals surface area contributed by atoms with Crippen LogP contribution in [-0.4, -0.2) is 42.6 Å². The van der Waals surface area contributed by atoms with E-state index in [0.29, 0.717) is 25.6 Å². The lowest BCUT2D eigenvalue weighted by Gasteiger charge is -2.36. The lowest BCUT2D eigenvalue weighted by atomic mass is 10.0.